The highest BCUT2D eigenvalue weighted by Gasteiger charge is 2.24. The molecule has 0 spiro atoms. The molecule has 1 N–H and O–H groups in total. The lowest BCUT2D eigenvalue weighted by Gasteiger charge is -2.36. The number of hydrogen-bond acceptors (Lipinski definition) is 2. The van der Waals surface area contributed by atoms with Gasteiger partial charge in [-0.2, -0.15) is 0 Å². The van der Waals surface area contributed by atoms with Crippen LogP contribution < -0.4 is 5.32 Å². The third-order valence-corrected chi connectivity index (χ3v) is 2.20. The molecular formula is C9H16N2O2. The van der Waals surface area contributed by atoms with Crippen LogP contribution in [0.1, 0.15) is 19.8 Å². The van der Waals surface area contributed by atoms with Crippen molar-refractivity contribution >= 4 is 12.3 Å². The molecule has 0 aromatic carbocycles. The first kappa shape index (κ1) is 10.0. The summed E-state index contributed by atoms with van der Waals surface area (Å²) in [7, 11) is 0. The fraction of sp³-hybridized carbons (Fsp3) is 0.778. The largest absolute Gasteiger partial charge is 0.356 e. The molecule has 4 heteroatoms. The third kappa shape index (κ3) is 3.05. The van der Waals surface area contributed by atoms with E-state index in [0.717, 1.165) is 25.9 Å². The lowest BCUT2D eigenvalue weighted by molar-refractivity contribution is -0.124. The molecule has 1 rings (SSSR count). The lowest BCUT2D eigenvalue weighted by Crippen LogP contribution is -2.50. The monoisotopic (exact) mass is 184 g/mol. The quantitative estimate of drug-likeness (QED) is 0.611. The summed E-state index contributed by atoms with van der Waals surface area (Å²) in [6.45, 7) is 4.27. The van der Waals surface area contributed by atoms with E-state index in [1.807, 2.05) is 6.92 Å². The summed E-state index contributed by atoms with van der Waals surface area (Å²) in [5, 5.41) is 2.85. The highest BCUT2D eigenvalue weighted by atomic mass is 16.1. The van der Waals surface area contributed by atoms with Crippen LogP contribution in [0, 0.1) is 5.92 Å². The molecule has 13 heavy (non-hydrogen) atoms. The second kappa shape index (κ2) is 4.84. The Morgan fingerprint density at radius 1 is 1.62 bits per heavy atom. The van der Waals surface area contributed by atoms with Gasteiger partial charge in [0.05, 0.1) is 0 Å². The Hall–Kier alpha value is -1.06. The van der Waals surface area contributed by atoms with E-state index in [1.54, 1.807) is 4.90 Å². The van der Waals surface area contributed by atoms with Crippen molar-refractivity contribution in [1.82, 2.24) is 10.2 Å². The highest BCUT2D eigenvalue weighted by molar-refractivity contribution is 5.75. The molecule has 1 heterocycles. The van der Waals surface area contributed by atoms with Crippen LogP contribution in [0.15, 0.2) is 0 Å². The summed E-state index contributed by atoms with van der Waals surface area (Å²) in [6, 6.07) is 0. The maximum Gasteiger partial charge on any atom is 0.219 e. The zero-order chi connectivity index (χ0) is 9.68. The van der Waals surface area contributed by atoms with E-state index in [9.17, 15) is 9.59 Å². The van der Waals surface area contributed by atoms with Crippen molar-refractivity contribution in [2.24, 2.45) is 5.92 Å². The van der Waals surface area contributed by atoms with E-state index >= 15 is 0 Å². The van der Waals surface area contributed by atoms with Crippen LogP contribution in [0.4, 0.5) is 0 Å². The molecule has 0 aliphatic carbocycles. The minimum Gasteiger partial charge on any atom is -0.356 e. The van der Waals surface area contributed by atoms with Crippen molar-refractivity contribution in [3.63, 3.8) is 0 Å². The smallest absolute Gasteiger partial charge is 0.219 e. The van der Waals surface area contributed by atoms with Crippen LogP contribution in [0.2, 0.25) is 0 Å². The van der Waals surface area contributed by atoms with Crippen LogP contribution >= 0.6 is 0 Å². The predicted octanol–water partition coefficient (Wildman–Crippen LogP) is -0.00910. The lowest BCUT2D eigenvalue weighted by atomic mass is 10.0. The van der Waals surface area contributed by atoms with Gasteiger partial charge in [-0.15, -0.1) is 0 Å². The molecule has 1 saturated heterocycles. The van der Waals surface area contributed by atoms with Crippen molar-refractivity contribution in [1.29, 1.82) is 0 Å². The summed E-state index contributed by atoms with van der Waals surface area (Å²) in [5.41, 5.74) is 0. The fourth-order valence-corrected chi connectivity index (χ4v) is 1.40. The van der Waals surface area contributed by atoms with Crippen molar-refractivity contribution in [3.05, 3.63) is 0 Å². The zero-order valence-electron chi connectivity index (χ0n) is 7.95. The second-order valence-electron chi connectivity index (χ2n) is 3.48. The van der Waals surface area contributed by atoms with E-state index in [0.29, 0.717) is 18.9 Å². The Kier molecular flexibility index (Phi) is 3.73. The highest BCUT2D eigenvalue weighted by Crippen LogP contribution is 2.11. The van der Waals surface area contributed by atoms with Gasteiger partial charge in [-0.25, -0.2) is 0 Å². The molecule has 1 aliphatic heterocycles. The van der Waals surface area contributed by atoms with Gasteiger partial charge in [0.2, 0.25) is 12.3 Å². The number of nitrogens with zero attached hydrogens (tertiary/aromatic N) is 1. The molecule has 1 aliphatic rings. The molecule has 0 radical (unpaired) electrons. The van der Waals surface area contributed by atoms with Crippen LogP contribution in [0.5, 0.6) is 0 Å². The van der Waals surface area contributed by atoms with Crippen molar-refractivity contribution in [3.8, 4) is 0 Å². The average Bonchev–Trinajstić information content (AvgIpc) is 2.02. The van der Waals surface area contributed by atoms with Crippen molar-refractivity contribution in [2.45, 2.75) is 19.8 Å². The Labute approximate surface area is 78.3 Å². The maximum atomic E-state index is 11.0. The number of rotatable bonds is 5. The minimum atomic E-state index is 0.118. The molecule has 0 aromatic heterocycles. The summed E-state index contributed by atoms with van der Waals surface area (Å²) in [6.07, 6.45) is 2.34. The molecule has 0 saturated carbocycles. The van der Waals surface area contributed by atoms with Crippen LogP contribution in [-0.4, -0.2) is 36.9 Å². The van der Waals surface area contributed by atoms with Gasteiger partial charge in [0.15, 0.2) is 0 Å². The molecule has 0 aromatic rings. The number of likely N-dealkylation sites (tertiary alicyclic amines) is 1. The third-order valence-electron chi connectivity index (χ3n) is 2.20. The molecule has 0 unspecified atom stereocenters. The molecule has 2 amide bonds. The van der Waals surface area contributed by atoms with Gasteiger partial charge in [0, 0.05) is 32.0 Å². The van der Waals surface area contributed by atoms with Gasteiger partial charge in [-0.3, -0.25) is 9.59 Å². The molecule has 1 fully saturated rings. The topological polar surface area (TPSA) is 49.4 Å². The minimum absolute atomic E-state index is 0.118. The van der Waals surface area contributed by atoms with Gasteiger partial charge in [-0.1, -0.05) is 6.92 Å². The van der Waals surface area contributed by atoms with Crippen LogP contribution in [0.3, 0.4) is 0 Å². The SMILES string of the molecule is CCCC(=O)NCC1CN(C=O)C1. The van der Waals surface area contributed by atoms with E-state index < -0.39 is 0 Å². The fourth-order valence-electron chi connectivity index (χ4n) is 1.40. The number of carbonyl (C=O) groups excluding carboxylic acids is 2. The number of carbonyl (C=O) groups is 2. The first-order valence-corrected chi connectivity index (χ1v) is 4.72. The molecular weight excluding hydrogens is 168 g/mol. The summed E-state index contributed by atoms with van der Waals surface area (Å²) in [4.78, 5) is 23.0. The van der Waals surface area contributed by atoms with Gasteiger partial charge < -0.3 is 10.2 Å². The van der Waals surface area contributed by atoms with E-state index in [-0.39, 0.29) is 5.91 Å². The number of nitrogens with one attached hydrogen (secondary N) is 1. The molecule has 0 bridgehead atoms. The standard InChI is InChI=1S/C9H16N2O2/c1-2-3-9(13)10-4-8-5-11(6-8)7-12/h7-8H,2-6H2,1H3,(H,10,13). The summed E-state index contributed by atoms with van der Waals surface area (Å²) in [5.74, 6) is 0.582. The Bertz CT molecular complexity index is 188. The van der Waals surface area contributed by atoms with Gasteiger partial charge >= 0.3 is 0 Å². The molecule has 74 valence electrons. The number of hydrogen-bond donors (Lipinski definition) is 1. The van der Waals surface area contributed by atoms with Gasteiger partial charge in [-0.05, 0) is 6.42 Å². The summed E-state index contributed by atoms with van der Waals surface area (Å²) < 4.78 is 0. The zero-order valence-corrected chi connectivity index (χ0v) is 7.95. The number of amides is 2. The summed E-state index contributed by atoms with van der Waals surface area (Å²) >= 11 is 0. The van der Waals surface area contributed by atoms with Crippen molar-refractivity contribution < 1.29 is 9.59 Å². The van der Waals surface area contributed by atoms with Gasteiger partial charge in [0.1, 0.15) is 0 Å². The first-order valence-electron chi connectivity index (χ1n) is 4.72. The molecule has 4 nitrogen and oxygen atoms in total. The Morgan fingerprint density at radius 2 is 2.31 bits per heavy atom. The maximum absolute atomic E-state index is 11.0. The predicted molar refractivity (Wildman–Crippen MR) is 49.0 cm³/mol. The second-order valence-corrected chi connectivity index (χ2v) is 3.48. The van der Waals surface area contributed by atoms with E-state index in [1.165, 1.54) is 0 Å². The van der Waals surface area contributed by atoms with Crippen LogP contribution in [0.25, 0.3) is 0 Å². The normalized spacial score (nSPS) is 16.5. The van der Waals surface area contributed by atoms with Crippen LogP contribution in [-0.2, 0) is 9.59 Å². The van der Waals surface area contributed by atoms with E-state index in [4.69, 9.17) is 0 Å². The average molecular weight is 184 g/mol. The molecule has 0 atom stereocenters. The Morgan fingerprint density at radius 3 is 2.85 bits per heavy atom. The van der Waals surface area contributed by atoms with Crippen molar-refractivity contribution in [2.75, 3.05) is 19.6 Å². The Balaban J connectivity index is 2.01. The van der Waals surface area contributed by atoms with E-state index in [2.05, 4.69) is 5.32 Å². The first-order chi connectivity index (χ1) is 6.26. The van der Waals surface area contributed by atoms with Gasteiger partial charge in [0.25, 0.3) is 0 Å².